The van der Waals surface area contributed by atoms with Gasteiger partial charge in [0.1, 0.15) is 23.1 Å². The molecule has 3 N–H and O–H groups in total. The highest BCUT2D eigenvalue weighted by molar-refractivity contribution is 6.31. The largest absolute Gasteiger partial charge is 0.490 e. The van der Waals surface area contributed by atoms with Crippen molar-refractivity contribution < 1.29 is 41.8 Å². The molecule has 0 aromatic heterocycles. The van der Waals surface area contributed by atoms with Crippen molar-refractivity contribution in [2.24, 2.45) is 5.41 Å². The van der Waals surface area contributed by atoms with Gasteiger partial charge < -0.3 is 10.2 Å². The van der Waals surface area contributed by atoms with Gasteiger partial charge >= 0.3 is 18.1 Å². The molecule has 3 rings (SSSR count). The quantitative estimate of drug-likeness (QED) is 0.365. The van der Waals surface area contributed by atoms with E-state index in [0.717, 1.165) is 6.07 Å². The third-order valence-electron chi connectivity index (χ3n) is 5.96. The van der Waals surface area contributed by atoms with E-state index in [1.165, 1.54) is 30.3 Å². The maximum atomic E-state index is 15.2. The fraction of sp³-hybridized carbons (Fsp3) is 0.400. The van der Waals surface area contributed by atoms with E-state index in [1.54, 1.807) is 0 Å². The van der Waals surface area contributed by atoms with E-state index in [0.29, 0.717) is 6.42 Å². The maximum Gasteiger partial charge on any atom is 0.490 e. The van der Waals surface area contributed by atoms with Crippen molar-refractivity contribution in [3.05, 3.63) is 69.2 Å². The van der Waals surface area contributed by atoms with E-state index in [9.17, 15) is 28.3 Å². The molecule has 0 amide bonds. The average molecular weight is 581 g/mol. The highest BCUT2D eigenvalue weighted by Crippen LogP contribution is 2.52. The number of nitriles is 1. The maximum absolute atomic E-state index is 15.2. The number of aliphatic carboxylic acids is 2. The Balaban J connectivity index is 0.000000638. The smallest absolute Gasteiger partial charge is 0.480 e. The predicted octanol–water partition coefficient (Wildman–Crippen LogP) is 6.31. The molecule has 38 heavy (non-hydrogen) atoms. The Bertz CT molecular complexity index is 1260. The summed E-state index contributed by atoms with van der Waals surface area (Å²) in [5, 5.41) is 30.5. The summed E-state index contributed by atoms with van der Waals surface area (Å²) in [4.78, 5) is 21.1. The lowest BCUT2D eigenvalue weighted by Crippen LogP contribution is -2.44. The highest BCUT2D eigenvalue weighted by Gasteiger charge is 2.61. The second kappa shape index (κ2) is 11.4. The van der Waals surface area contributed by atoms with Gasteiger partial charge in [0.2, 0.25) is 0 Å². The molecule has 13 heteroatoms. The molecular formula is C25H23Cl2F5N2O4. The Morgan fingerprint density at radius 2 is 1.68 bits per heavy atom. The molecule has 206 valence electrons. The van der Waals surface area contributed by atoms with Crippen molar-refractivity contribution in [1.82, 2.24) is 5.32 Å². The first-order chi connectivity index (χ1) is 17.4. The van der Waals surface area contributed by atoms with Crippen LogP contribution in [0.2, 0.25) is 10.0 Å². The average Bonchev–Trinajstić information content (AvgIpc) is 3.08. The molecule has 0 aliphatic carbocycles. The van der Waals surface area contributed by atoms with Crippen molar-refractivity contribution in [1.29, 1.82) is 5.26 Å². The predicted molar refractivity (Wildman–Crippen MR) is 129 cm³/mol. The molecule has 1 fully saturated rings. The fourth-order valence-corrected chi connectivity index (χ4v) is 4.88. The minimum atomic E-state index is -5.08. The Morgan fingerprint density at radius 1 is 1.11 bits per heavy atom. The molecule has 2 aromatic rings. The topological polar surface area (TPSA) is 110 Å². The van der Waals surface area contributed by atoms with Crippen LogP contribution in [-0.2, 0) is 15.0 Å². The third-order valence-corrected chi connectivity index (χ3v) is 6.48. The second-order valence-corrected chi connectivity index (χ2v) is 10.7. The van der Waals surface area contributed by atoms with Crippen LogP contribution in [0.1, 0.15) is 44.2 Å². The molecule has 0 saturated carbocycles. The molecule has 1 aliphatic rings. The Morgan fingerprint density at radius 3 is 2.13 bits per heavy atom. The van der Waals surface area contributed by atoms with Crippen LogP contribution in [0, 0.1) is 28.4 Å². The van der Waals surface area contributed by atoms with Gasteiger partial charge in [0.05, 0.1) is 11.1 Å². The van der Waals surface area contributed by atoms with Gasteiger partial charge in [0.15, 0.2) is 0 Å². The summed E-state index contributed by atoms with van der Waals surface area (Å²) in [7, 11) is 0. The van der Waals surface area contributed by atoms with E-state index in [2.05, 4.69) is 11.4 Å². The lowest BCUT2D eigenvalue weighted by Gasteiger charge is -2.37. The zero-order valence-electron chi connectivity index (χ0n) is 20.2. The third kappa shape index (κ3) is 6.54. The number of alkyl halides is 3. The molecule has 2 aromatic carbocycles. The summed E-state index contributed by atoms with van der Waals surface area (Å²) in [5.74, 6) is -6.85. The van der Waals surface area contributed by atoms with Crippen LogP contribution in [0.15, 0.2) is 36.4 Å². The van der Waals surface area contributed by atoms with Gasteiger partial charge in [-0.2, -0.15) is 18.4 Å². The Kier molecular flexibility index (Phi) is 9.41. The minimum absolute atomic E-state index is 0.0331. The van der Waals surface area contributed by atoms with Crippen LogP contribution in [0.25, 0.3) is 0 Å². The van der Waals surface area contributed by atoms with Crippen LogP contribution < -0.4 is 5.32 Å². The van der Waals surface area contributed by atoms with E-state index >= 15 is 8.78 Å². The van der Waals surface area contributed by atoms with E-state index in [4.69, 9.17) is 33.1 Å². The monoisotopic (exact) mass is 580 g/mol. The van der Waals surface area contributed by atoms with Crippen molar-refractivity contribution in [2.75, 3.05) is 0 Å². The Hall–Kier alpha value is -2.94. The van der Waals surface area contributed by atoms with E-state index < -0.39 is 53.2 Å². The number of nitrogens with zero attached hydrogens (tertiary/aromatic N) is 1. The van der Waals surface area contributed by atoms with Crippen molar-refractivity contribution in [2.45, 2.75) is 56.8 Å². The first kappa shape index (κ1) is 31.3. The fourth-order valence-electron chi connectivity index (χ4n) is 4.54. The number of hydrogen-bond donors (Lipinski definition) is 3. The zero-order chi connectivity index (χ0) is 29.2. The van der Waals surface area contributed by atoms with Crippen LogP contribution >= 0.6 is 23.2 Å². The number of hydrogen-bond acceptors (Lipinski definition) is 4. The van der Waals surface area contributed by atoms with Crippen molar-refractivity contribution in [3.8, 4) is 6.07 Å². The molecule has 6 nitrogen and oxygen atoms in total. The number of nitrogens with one attached hydrogen (secondary N) is 1. The van der Waals surface area contributed by atoms with Crippen LogP contribution in [0.3, 0.4) is 0 Å². The molecule has 0 radical (unpaired) electrons. The van der Waals surface area contributed by atoms with Gasteiger partial charge in [-0.15, -0.1) is 0 Å². The number of benzene rings is 2. The number of rotatable bonds is 4. The number of carboxylic acids is 2. The number of carbonyl (C=O) groups is 2. The van der Waals surface area contributed by atoms with Crippen LogP contribution in [0.4, 0.5) is 22.0 Å². The Labute approximate surface area is 225 Å². The molecule has 0 bridgehead atoms. The molecular weight excluding hydrogens is 558 g/mol. The summed E-state index contributed by atoms with van der Waals surface area (Å²) in [6.07, 6.45) is -4.74. The van der Waals surface area contributed by atoms with Gasteiger partial charge in [0.25, 0.3) is 0 Å². The molecule has 4 atom stereocenters. The first-order valence-corrected chi connectivity index (χ1v) is 11.7. The van der Waals surface area contributed by atoms with E-state index in [-0.39, 0.29) is 26.6 Å². The lowest BCUT2D eigenvalue weighted by molar-refractivity contribution is -0.192. The molecule has 1 saturated heterocycles. The SMILES string of the molecule is CC(C)(C)CC1NC(C(=O)O)C(c2cccc(Cl)c2F)C1(C#N)c1ccc(Cl)cc1F.O=C(O)C(F)(F)F. The summed E-state index contributed by atoms with van der Waals surface area (Å²) in [5.41, 5.74) is -2.15. The first-order valence-electron chi connectivity index (χ1n) is 11.0. The standard InChI is InChI=1S/C23H22Cl2F2N2O2.C2HF3O2/c1-22(2,3)10-17-23(11-28,14-8-7-12(24)9-16(14)26)18(20(29-17)21(30)31)13-5-4-6-15(25)19(13)27;3-2(4,5)1(6)7/h4-9,17-18,20,29H,10H2,1-3H3,(H,30,31);(H,6,7). The molecule has 4 unspecified atom stereocenters. The molecule has 1 aliphatic heterocycles. The number of carboxylic acid groups (broad SMARTS) is 2. The van der Waals surface area contributed by atoms with Crippen LogP contribution in [-0.4, -0.2) is 40.4 Å². The van der Waals surface area contributed by atoms with Gasteiger partial charge in [-0.3, -0.25) is 10.1 Å². The van der Waals surface area contributed by atoms with Gasteiger partial charge in [-0.05, 0) is 35.6 Å². The lowest BCUT2D eigenvalue weighted by atomic mass is 9.62. The van der Waals surface area contributed by atoms with Gasteiger partial charge in [-0.25, -0.2) is 13.6 Å². The second-order valence-electron chi connectivity index (χ2n) is 9.83. The summed E-state index contributed by atoms with van der Waals surface area (Å²) < 4.78 is 62.1. The zero-order valence-corrected chi connectivity index (χ0v) is 21.7. The van der Waals surface area contributed by atoms with E-state index in [1.807, 2.05) is 20.8 Å². The summed E-state index contributed by atoms with van der Waals surface area (Å²) >= 11 is 11.9. The van der Waals surface area contributed by atoms with Gasteiger partial charge in [-0.1, -0.05) is 62.2 Å². The highest BCUT2D eigenvalue weighted by atomic mass is 35.5. The van der Waals surface area contributed by atoms with Crippen molar-refractivity contribution >= 4 is 35.1 Å². The van der Waals surface area contributed by atoms with Gasteiger partial charge in [0, 0.05) is 22.5 Å². The summed E-state index contributed by atoms with van der Waals surface area (Å²) in [6.45, 7) is 5.79. The molecule has 1 heterocycles. The number of halogens is 7. The normalized spacial score (nSPS) is 23.2. The minimum Gasteiger partial charge on any atom is -0.480 e. The van der Waals surface area contributed by atoms with Crippen LogP contribution in [0.5, 0.6) is 0 Å². The molecule has 0 spiro atoms. The van der Waals surface area contributed by atoms with Crippen molar-refractivity contribution in [3.63, 3.8) is 0 Å². The summed E-state index contributed by atoms with van der Waals surface area (Å²) in [6, 6.07) is 8.16.